The van der Waals surface area contributed by atoms with Gasteiger partial charge in [0.1, 0.15) is 0 Å². The van der Waals surface area contributed by atoms with Crippen molar-refractivity contribution in [1.29, 1.82) is 0 Å². The van der Waals surface area contributed by atoms with Crippen molar-refractivity contribution in [2.45, 2.75) is 18.9 Å². The molecule has 1 aliphatic rings. The Morgan fingerprint density at radius 1 is 1.69 bits per heavy atom. The van der Waals surface area contributed by atoms with E-state index in [-0.39, 0.29) is 12.1 Å². The first-order chi connectivity index (χ1) is 7.74. The average Bonchev–Trinajstić information content (AvgIpc) is 2.70. The fourth-order valence-corrected chi connectivity index (χ4v) is 2.41. The quantitative estimate of drug-likeness (QED) is 0.820. The van der Waals surface area contributed by atoms with Gasteiger partial charge in [-0.15, -0.1) is 11.3 Å². The Labute approximate surface area is 98.9 Å². The monoisotopic (exact) mass is 240 g/mol. The molecule has 0 saturated carbocycles. The van der Waals surface area contributed by atoms with Crippen LogP contribution in [0, 0.1) is 0 Å². The summed E-state index contributed by atoms with van der Waals surface area (Å²) in [6.07, 6.45) is 3.86. The predicted octanol–water partition coefficient (Wildman–Crippen LogP) is 1.36. The van der Waals surface area contributed by atoms with Gasteiger partial charge < -0.3 is 10.2 Å². The molecule has 1 saturated heterocycles. The van der Waals surface area contributed by atoms with E-state index < -0.39 is 0 Å². The number of nitrogens with one attached hydrogen (secondary N) is 2. The largest absolute Gasteiger partial charge is 0.334 e. The number of carbonyl (C=O) groups excluding carboxylic acids is 1. The number of nitrogens with zero attached hydrogens (tertiary/aromatic N) is 2. The molecular formula is C10H16N4OS. The van der Waals surface area contributed by atoms with Gasteiger partial charge in [0.25, 0.3) is 0 Å². The number of urea groups is 1. The molecule has 2 amide bonds. The van der Waals surface area contributed by atoms with Gasteiger partial charge in [-0.05, 0) is 26.4 Å². The second-order valence-corrected chi connectivity index (χ2v) is 4.93. The van der Waals surface area contributed by atoms with E-state index in [9.17, 15) is 4.79 Å². The van der Waals surface area contributed by atoms with Crippen LogP contribution in [0.5, 0.6) is 0 Å². The number of anilines is 1. The van der Waals surface area contributed by atoms with Gasteiger partial charge >= 0.3 is 6.03 Å². The highest BCUT2D eigenvalue weighted by molar-refractivity contribution is 7.13. The van der Waals surface area contributed by atoms with Gasteiger partial charge in [0.05, 0.1) is 0 Å². The lowest BCUT2D eigenvalue weighted by Crippen LogP contribution is -2.47. The molecule has 2 heterocycles. The molecule has 5 nitrogen and oxygen atoms in total. The first kappa shape index (κ1) is 11.3. The van der Waals surface area contributed by atoms with Crippen LogP contribution < -0.4 is 10.6 Å². The molecule has 2 rings (SSSR count). The van der Waals surface area contributed by atoms with E-state index in [1.807, 2.05) is 5.38 Å². The van der Waals surface area contributed by atoms with E-state index >= 15 is 0 Å². The molecule has 0 unspecified atom stereocenters. The van der Waals surface area contributed by atoms with Gasteiger partial charge in [-0.2, -0.15) is 0 Å². The third-order valence-corrected chi connectivity index (χ3v) is 3.30. The Morgan fingerprint density at radius 2 is 2.56 bits per heavy atom. The number of likely N-dealkylation sites (tertiary alicyclic amines) is 1. The number of rotatable bonds is 2. The van der Waals surface area contributed by atoms with E-state index in [0.717, 1.165) is 25.9 Å². The lowest BCUT2D eigenvalue weighted by atomic mass is 10.1. The Bertz CT molecular complexity index is 341. The molecule has 0 radical (unpaired) electrons. The standard InChI is InChI=1S/C10H16N4OS/c1-14-5-2-3-8(7-14)12-9(15)13-10-11-4-6-16-10/h4,6,8H,2-3,5,7H2,1H3,(H2,11,12,13,15)/t8-/m1/s1. The Morgan fingerprint density at radius 3 is 3.25 bits per heavy atom. The van der Waals surface area contributed by atoms with Crippen molar-refractivity contribution in [3.8, 4) is 0 Å². The summed E-state index contributed by atoms with van der Waals surface area (Å²) in [7, 11) is 2.08. The van der Waals surface area contributed by atoms with E-state index in [1.54, 1.807) is 6.20 Å². The first-order valence-corrected chi connectivity index (χ1v) is 6.27. The lowest BCUT2D eigenvalue weighted by Gasteiger charge is -2.30. The number of thiazole rings is 1. The minimum absolute atomic E-state index is 0.157. The average molecular weight is 240 g/mol. The summed E-state index contributed by atoms with van der Waals surface area (Å²) in [6.45, 7) is 2.04. The molecule has 0 bridgehead atoms. The Hall–Kier alpha value is -1.14. The van der Waals surface area contributed by atoms with Gasteiger partial charge in [-0.1, -0.05) is 0 Å². The highest BCUT2D eigenvalue weighted by Crippen LogP contribution is 2.11. The second-order valence-electron chi connectivity index (χ2n) is 4.04. The number of likely N-dealkylation sites (N-methyl/N-ethyl adjacent to an activating group) is 1. The number of amides is 2. The summed E-state index contributed by atoms with van der Waals surface area (Å²) >= 11 is 1.42. The maximum atomic E-state index is 11.6. The number of carbonyl (C=O) groups is 1. The number of piperidine rings is 1. The van der Waals surface area contributed by atoms with Crippen molar-refractivity contribution >= 4 is 22.5 Å². The summed E-state index contributed by atoms with van der Waals surface area (Å²) in [5, 5.41) is 8.16. The van der Waals surface area contributed by atoms with Gasteiger partial charge in [0.15, 0.2) is 5.13 Å². The second kappa shape index (κ2) is 5.27. The molecule has 1 aromatic heterocycles. The first-order valence-electron chi connectivity index (χ1n) is 5.39. The van der Waals surface area contributed by atoms with Crippen LogP contribution in [-0.2, 0) is 0 Å². The predicted molar refractivity (Wildman–Crippen MR) is 64.8 cm³/mol. The summed E-state index contributed by atoms with van der Waals surface area (Å²) < 4.78 is 0. The summed E-state index contributed by atoms with van der Waals surface area (Å²) in [5.74, 6) is 0. The third-order valence-electron chi connectivity index (χ3n) is 2.61. The van der Waals surface area contributed by atoms with Crippen LogP contribution in [0.1, 0.15) is 12.8 Å². The van der Waals surface area contributed by atoms with E-state index in [0.29, 0.717) is 5.13 Å². The van der Waals surface area contributed by atoms with Crippen LogP contribution >= 0.6 is 11.3 Å². The van der Waals surface area contributed by atoms with Crippen molar-refractivity contribution < 1.29 is 4.79 Å². The molecule has 16 heavy (non-hydrogen) atoms. The van der Waals surface area contributed by atoms with E-state index in [4.69, 9.17) is 0 Å². The van der Waals surface area contributed by atoms with Crippen molar-refractivity contribution in [2.75, 3.05) is 25.5 Å². The smallest absolute Gasteiger partial charge is 0.321 e. The normalized spacial score (nSPS) is 21.7. The van der Waals surface area contributed by atoms with Crippen LogP contribution in [0.3, 0.4) is 0 Å². The van der Waals surface area contributed by atoms with Gasteiger partial charge in [-0.3, -0.25) is 5.32 Å². The summed E-state index contributed by atoms with van der Waals surface area (Å²) in [6, 6.07) is 0.0916. The van der Waals surface area contributed by atoms with Crippen LogP contribution in [0.15, 0.2) is 11.6 Å². The SMILES string of the molecule is CN1CCC[C@@H](NC(=O)Nc2nccs2)C1. The molecular weight excluding hydrogens is 224 g/mol. The van der Waals surface area contributed by atoms with Crippen LogP contribution in [0.2, 0.25) is 0 Å². The number of hydrogen-bond donors (Lipinski definition) is 2. The molecule has 0 aliphatic carbocycles. The molecule has 0 spiro atoms. The maximum Gasteiger partial charge on any atom is 0.321 e. The van der Waals surface area contributed by atoms with Crippen LogP contribution in [0.4, 0.5) is 9.93 Å². The third kappa shape index (κ3) is 3.18. The number of aromatic nitrogens is 1. The summed E-state index contributed by atoms with van der Waals surface area (Å²) in [5.41, 5.74) is 0. The molecule has 1 aliphatic heterocycles. The topological polar surface area (TPSA) is 57.3 Å². The zero-order valence-electron chi connectivity index (χ0n) is 9.27. The minimum Gasteiger partial charge on any atom is -0.334 e. The van der Waals surface area contributed by atoms with Gasteiger partial charge in [0.2, 0.25) is 0 Å². The van der Waals surface area contributed by atoms with E-state index in [1.165, 1.54) is 11.3 Å². The molecule has 0 aromatic carbocycles. The van der Waals surface area contributed by atoms with Crippen molar-refractivity contribution in [3.63, 3.8) is 0 Å². The van der Waals surface area contributed by atoms with Crippen LogP contribution in [-0.4, -0.2) is 42.1 Å². The minimum atomic E-state index is -0.157. The Balaban J connectivity index is 1.78. The zero-order valence-corrected chi connectivity index (χ0v) is 10.1. The molecule has 1 aromatic rings. The highest BCUT2D eigenvalue weighted by atomic mass is 32.1. The fourth-order valence-electron chi connectivity index (χ4n) is 1.89. The molecule has 1 atom stereocenters. The fraction of sp³-hybridized carbons (Fsp3) is 0.600. The van der Waals surface area contributed by atoms with Crippen LogP contribution in [0.25, 0.3) is 0 Å². The van der Waals surface area contributed by atoms with E-state index in [2.05, 4.69) is 27.6 Å². The van der Waals surface area contributed by atoms with Gasteiger partial charge in [0, 0.05) is 24.2 Å². The zero-order chi connectivity index (χ0) is 11.4. The molecule has 6 heteroatoms. The molecule has 88 valence electrons. The molecule has 1 fully saturated rings. The highest BCUT2D eigenvalue weighted by Gasteiger charge is 2.18. The molecule has 2 N–H and O–H groups in total. The van der Waals surface area contributed by atoms with Crippen molar-refractivity contribution in [1.82, 2.24) is 15.2 Å². The van der Waals surface area contributed by atoms with Crippen molar-refractivity contribution in [2.24, 2.45) is 0 Å². The Kier molecular flexibility index (Phi) is 3.74. The van der Waals surface area contributed by atoms with Gasteiger partial charge in [-0.25, -0.2) is 9.78 Å². The number of hydrogen-bond acceptors (Lipinski definition) is 4. The maximum absolute atomic E-state index is 11.6. The lowest BCUT2D eigenvalue weighted by molar-refractivity contribution is 0.216. The summed E-state index contributed by atoms with van der Waals surface area (Å²) in [4.78, 5) is 17.8. The van der Waals surface area contributed by atoms with Crippen molar-refractivity contribution in [3.05, 3.63) is 11.6 Å².